The second-order valence-electron chi connectivity index (χ2n) is 13.3. The van der Waals surface area contributed by atoms with Crippen LogP contribution in [0, 0.1) is 0 Å². The summed E-state index contributed by atoms with van der Waals surface area (Å²) in [6, 6.07) is 0. The highest BCUT2D eigenvalue weighted by molar-refractivity contribution is 5.69. The Hall–Kier alpha value is -2.69. The third kappa shape index (κ3) is 41.6. The zero-order chi connectivity index (χ0) is 37.0. The Morgan fingerprint density at radius 1 is 0.490 bits per heavy atom. The second-order valence-corrected chi connectivity index (χ2v) is 13.3. The van der Waals surface area contributed by atoms with Gasteiger partial charge in [-0.2, -0.15) is 0 Å². The number of rotatable bonds is 37. The average molecular weight is 707 g/mol. The van der Waals surface area contributed by atoms with Gasteiger partial charge < -0.3 is 14.6 Å². The molecule has 0 saturated carbocycles. The highest BCUT2D eigenvalue weighted by Crippen LogP contribution is 2.10. The van der Waals surface area contributed by atoms with Crippen molar-refractivity contribution in [3.8, 4) is 0 Å². The molecule has 0 rings (SSSR count). The van der Waals surface area contributed by atoms with Gasteiger partial charge in [-0.25, -0.2) is 0 Å². The molecule has 0 aliphatic rings. The Balaban J connectivity index is 3.58. The maximum absolute atomic E-state index is 12.2. The van der Waals surface area contributed by atoms with Crippen molar-refractivity contribution in [1.82, 2.24) is 0 Å². The zero-order valence-electron chi connectivity index (χ0n) is 33.1. The van der Waals surface area contributed by atoms with Crippen LogP contribution in [0.5, 0.6) is 0 Å². The van der Waals surface area contributed by atoms with E-state index in [9.17, 15) is 9.90 Å². The van der Waals surface area contributed by atoms with E-state index < -0.39 is 6.10 Å². The molecular weight excluding hydrogens is 629 g/mol. The number of hydrogen-bond donors (Lipinski definition) is 1. The van der Waals surface area contributed by atoms with Crippen molar-refractivity contribution in [1.29, 1.82) is 0 Å². The van der Waals surface area contributed by atoms with Gasteiger partial charge in [0.1, 0.15) is 6.10 Å². The Bertz CT molecular complexity index is 965. The smallest absolute Gasteiger partial charge is 0.306 e. The molecule has 51 heavy (non-hydrogen) atoms. The normalized spacial score (nSPS) is 13.4. The molecule has 0 aromatic heterocycles. The van der Waals surface area contributed by atoms with Gasteiger partial charge in [0.05, 0.1) is 13.2 Å². The quantitative estimate of drug-likeness (QED) is 0.0397. The Morgan fingerprint density at radius 2 is 0.882 bits per heavy atom. The van der Waals surface area contributed by atoms with Crippen LogP contribution in [0.2, 0.25) is 0 Å². The average Bonchev–Trinajstić information content (AvgIpc) is 3.14. The van der Waals surface area contributed by atoms with Crippen molar-refractivity contribution in [3.05, 3.63) is 97.2 Å². The molecule has 0 aromatic rings. The molecule has 0 radical (unpaired) electrons. The van der Waals surface area contributed by atoms with E-state index in [2.05, 4.69) is 111 Å². The van der Waals surface area contributed by atoms with Crippen molar-refractivity contribution in [2.24, 2.45) is 0 Å². The lowest BCUT2D eigenvalue weighted by molar-refractivity contribution is -0.154. The molecule has 4 heteroatoms. The fourth-order valence-corrected chi connectivity index (χ4v) is 5.30. The minimum absolute atomic E-state index is 0.193. The fourth-order valence-electron chi connectivity index (χ4n) is 5.30. The molecule has 290 valence electrons. The van der Waals surface area contributed by atoms with E-state index in [0.717, 1.165) is 89.9 Å². The van der Waals surface area contributed by atoms with Crippen LogP contribution in [0.15, 0.2) is 97.2 Å². The van der Waals surface area contributed by atoms with Crippen LogP contribution >= 0.6 is 0 Å². The minimum Gasteiger partial charge on any atom is -0.457 e. The van der Waals surface area contributed by atoms with Crippen LogP contribution < -0.4 is 0 Å². The van der Waals surface area contributed by atoms with Gasteiger partial charge in [-0.3, -0.25) is 4.79 Å². The summed E-state index contributed by atoms with van der Waals surface area (Å²) in [5, 5.41) is 9.59. The van der Waals surface area contributed by atoms with E-state index >= 15 is 0 Å². The standard InChI is InChI=1S/C47H78O4/c1-3-5-7-9-11-13-15-17-19-21-22-23-24-25-26-27-28-30-32-34-36-38-40-42-47(49)51-46(44-48)45-50-43-41-39-37-35-33-31-29-20-18-16-14-12-10-8-6-4-2/h5,7,11-14,17-20,22-23,25-26,28,30,46,48H,3-4,6,8-10,15-16,21,24,27,29,31-45H2,1-2H3/b7-5-,13-11-,14-12-,19-17-,20-18-,23-22-,26-25-,30-28-. The van der Waals surface area contributed by atoms with Gasteiger partial charge in [-0.15, -0.1) is 0 Å². The van der Waals surface area contributed by atoms with Crippen LogP contribution in [0.25, 0.3) is 0 Å². The first-order chi connectivity index (χ1) is 25.2. The molecular formula is C47H78O4. The predicted molar refractivity (Wildman–Crippen MR) is 223 cm³/mol. The van der Waals surface area contributed by atoms with Gasteiger partial charge >= 0.3 is 5.97 Å². The SMILES string of the molecule is CC/C=C\C/C=C\C/C=C\C/C=C\C/C=C\C/C=C\CCCCCCC(=O)OC(CO)COCCCCCCCC/C=C\C/C=C\CCCCC. The largest absolute Gasteiger partial charge is 0.457 e. The number of aliphatic hydroxyl groups is 1. The molecule has 0 aromatic carbocycles. The number of esters is 1. The van der Waals surface area contributed by atoms with Gasteiger partial charge in [-0.05, 0) is 96.3 Å². The van der Waals surface area contributed by atoms with Crippen molar-refractivity contribution in [2.45, 2.75) is 174 Å². The molecule has 0 saturated heterocycles. The first-order valence-electron chi connectivity index (χ1n) is 20.8. The van der Waals surface area contributed by atoms with Crippen LogP contribution in [0.4, 0.5) is 0 Å². The summed E-state index contributed by atoms with van der Waals surface area (Å²) >= 11 is 0. The van der Waals surface area contributed by atoms with Gasteiger partial charge in [0.2, 0.25) is 0 Å². The lowest BCUT2D eigenvalue weighted by atomic mass is 10.1. The first kappa shape index (κ1) is 48.3. The van der Waals surface area contributed by atoms with Crippen LogP contribution in [-0.4, -0.2) is 37.0 Å². The minimum atomic E-state index is -0.560. The van der Waals surface area contributed by atoms with Gasteiger partial charge in [0.25, 0.3) is 0 Å². The number of aliphatic hydroxyl groups excluding tert-OH is 1. The number of allylic oxidation sites excluding steroid dienone is 16. The summed E-state index contributed by atoms with van der Waals surface area (Å²) in [4.78, 5) is 12.2. The summed E-state index contributed by atoms with van der Waals surface area (Å²) in [7, 11) is 0. The van der Waals surface area contributed by atoms with E-state index in [4.69, 9.17) is 9.47 Å². The molecule has 0 amide bonds. The Kier molecular flexibility index (Phi) is 41.2. The summed E-state index contributed by atoms with van der Waals surface area (Å²) in [6.07, 6.45) is 61.7. The van der Waals surface area contributed by atoms with Crippen LogP contribution in [0.3, 0.4) is 0 Å². The molecule has 0 spiro atoms. The number of unbranched alkanes of at least 4 members (excludes halogenated alkanes) is 13. The molecule has 1 unspecified atom stereocenters. The van der Waals surface area contributed by atoms with E-state index in [0.29, 0.717) is 13.0 Å². The number of carbonyl (C=O) groups excluding carboxylic acids is 1. The second kappa shape index (κ2) is 43.5. The molecule has 0 fully saturated rings. The maximum atomic E-state index is 12.2. The number of hydrogen-bond acceptors (Lipinski definition) is 4. The fraction of sp³-hybridized carbons (Fsp3) is 0.638. The molecule has 1 N–H and O–H groups in total. The van der Waals surface area contributed by atoms with Crippen LogP contribution in [-0.2, 0) is 14.3 Å². The molecule has 0 aliphatic heterocycles. The Labute approximate surface area is 315 Å². The summed E-state index contributed by atoms with van der Waals surface area (Å²) in [6.45, 7) is 5.14. The maximum Gasteiger partial charge on any atom is 0.306 e. The number of ether oxygens (including phenoxy) is 2. The predicted octanol–water partition coefficient (Wildman–Crippen LogP) is 13.8. The van der Waals surface area contributed by atoms with Crippen molar-refractivity contribution in [3.63, 3.8) is 0 Å². The van der Waals surface area contributed by atoms with Crippen LogP contribution in [0.1, 0.15) is 168 Å². The summed E-state index contributed by atoms with van der Waals surface area (Å²) < 4.78 is 11.1. The summed E-state index contributed by atoms with van der Waals surface area (Å²) in [5.74, 6) is -0.233. The van der Waals surface area contributed by atoms with E-state index in [1.165, 1.54) is 57.8 Å². The zero-order valence-corrected chi connectivity index (χ0v) is 33.1. The lowest BCUT2D eigenvalue weighted by Crippen LogP contribution is -2.27. The van der Waals surface area contributed by atoms with Crippen molar-refractivity contribution < 1.29 is 19.4 Å². The third-order valence-corrected chi connectivity index (χ3v) is 8.39. The molecule has 1 atom stereocenters. The highest BCUT2D eigenvalue weighted by Gasteiger charge is 2.13. The highest BCUT2D eigenvalue weighted by atomic mass is 16.6. The van der Waals surface area contributed by atoms with Gasteiger partial charge in [0.15, 0.2) is 0 Å². The van der Waals surface area contributed by atoms with Gasteiger partial charge in [0, 0.05) is 13.0 Å². The summed E-state index contributed by atoms with van der Waals surface area (Å²) in [5.41, 5.74) is 0. The van der Waals surface area contributed by atoms with E-state index in [1.54, 1.807) is 0 Å². The van der Waals surface area contributed by atoms with Crippen molar-refractivity contribution in [2.75, 3.05) is 19.8 Å². The molecule has 0 aliphatic carbocycles. The van der Waals surface area contributed by atoms with E-state index in [-0.39, 0.29) is 19.2 Å². The van der Waals surface area contributed by atoms with E-state index in [1.807, 2.05) is 0 Å². The monoisotopic (exact) mass is 707 g/mol. The molecule has 0 bridgehead atoms. The topological polar surface area (TPSA) is 55.8 Å². The first-order valence-corrected chi connectivity index (χ1v) is 20.8. The Morgan fingerprint density at radius 3 is 1.33 bits per heavy atom. The number of carbonyl (C=O) groups is 1. The third-order valence-electron chi connectivity index (χ3n) is 8.39. The van der Waals surface area contributed by atoms with Gasteiger partial charge in [-0.1, -0.05) is 162 Å². The lowest BCUT2D eigenvalue weighted by Gasteiger charge is -2.15. The molecule has 0 heterocycles. The molecule has 4 nitrogen and oxygen atoms in total. The van der Waals surface area contributed by atoms with Crippen molar-refractivity contribution >= 4 is 5.97 Å².